The molecule has 20 heavy (non-hydrogen) atoms. The van der Waals surface area contributed by atoms with E-state index in [1.54, 1.807) is 4.90 Å². The summed E-state index contributed by atoms with van der Waals surface area (Å²) in [5, 5.41) is 8.74. The number of nitrogens with zero attached hydrogens (tertiary/aromatic N) is 1. The number of rotatable bonds is 4. The molecule has 2 heterocycles. The first-order valence-electron chi connectivity index (χ1n) is 6.97. The Morgan fingerprint density at radius 1 is 1.35 bits per heavy atom. The summed E-state index contributed by atoms with van der Waals surface area (Å²) < 4.78 is 0. The van der Waals surface area contributed by atoms with Gasteiger partial charge in [0.2, 0.25) is 5.91 Å². The second-order valence-corrected chi connectivity index (χ2v) is 5.42. The van der Waals surface area contributed by atoms with Crippen molar-refractivity contribution in [2.24, 2.45) is 0 Å². The van der Waals surface area contributed by atoms with Gasteiger partial charge >= 0.3 is 5.97 Å². The van der Waals surface area contributed by atoms with Crippen molar-refractivity contribution in [3.63, 3.8) is 0 Å². The van der Waals surface area contributed by atoms with E-state index in [2.05, 4.69) is 5.48 Å². The zero-order chi connectivity index (χ0) is 14.8. The number of hydrogen-bond donors (Lipinski definition) is 2. The van der Waals surface area contributed by atoms with Crippen LogP contribution in [0.3, 0.4) is 0 Å². The molecule has 0 aliphatic carbocycles. The molecule has 2 atom stereocenters. The third-order valence-electron chi connectivity index (χ3n) is 4.12. The average molecular weight is 284 g/mol. The number of hydrogen-bond acceptors (Lipinski definition) is 4. The monoisotopic (exact) mass is 284 g/mol. The Hall–Kier alpha value is -1.63. The van der Waals surface area contributed by atoms with E-state index in [1.165, 1.54) is 6.92 Å². The summed E-state index contributed by atoms with van der Waals surface area (Å²) >= 11 is 0. The number of nitrogens with one attached hydrogen (secondary N) is 1. The number of fused-ring (bicyclic) bond motifs is 1. The summed E-state index contributed by atoms with van der Waals surface area (Å²) in [6.07, 6.45) is 2.95. The number of amides is 2. The molecule has 2 N–H and O–H groups in total. The van der Waals surface area contributed by atoms with Gasteiger partial charge in [0, 0.05) is 13.0 Å². The van der Waals surface area contributed by atoms with Crippen LogP contribution in [0.2, 0.25) is 0 Å². The van der Waals surface area contributed by atoms with Crippen molar-refractivity contribution in [2.75, 3.05) is 6.54 Å². The van der Waals surface area contributed by atoms with Crippen molar-refractivity contribution in [1.82, 2.24) is 10.4 Å². The highest BCUT2D eigenvalue weighted by Gasteiger charge is 2.50. The summed E-state index contributed by atoms with van der Waals surface area (Å²) in [7, 11) is 0. The van der Waals surface area contributed by atoms with Gasteiger partial charge in [-0.15, -0.1) is 0 Å². The number of carbonyl (C=O) groups is 3. The van der Waals surface area contributed by atoms with E-state index in [0.29, 0.717) is 25.8 Å². The van der Waals surface area contributed by atoms with Crippen LogP contribution in [-0.4, -0.2) is 46.0 Å². The Morgan fingerprint density at radius 3 is 2.75 bits per heavy atom. The minimum atomic E-state index is -1.15. The largest absolute Gasteiger partial charge is 0.479 e. The molecule has 2 saturated heterocycles. The molecule has 2 amide bonds. The molecule has 0 bridgehead atoms. The molecule has 0 aromatic rings. The van der Waals surface area contributed by atoms with Crippen LogP contribution in [0.25, 0.3) is 0 Å². The van der Waals surface area contributed by atoms with Crippen molar-refractivity contribution in [3.8, 4) is 0 Å². The average Bonchev–Trinajstić information content (AvgIpc) is 2.78. The molecule has 0 aromatic carbocycles. The van der Waals surface area contributed by atoms with Crippen LogP contribution in [-0.2, 0) is 19.2 Å². The smallest absolute Gasteiger partial charge is 0.335 e. The van der Waals surface area contributed by atoms with E-state index in [-0.39, 0.29) is 5.91 Å². The molecule has 0 radical (unpaired) electrons. The van der Waals surface area contributed by atoms with Gasteiger partial charge in [-0.2, -0.15) is 0 Å². The van der Waals surface area contributed by atoms with Gasteiger partial charge in [0.05, 0.1) is 0 Å². The maximum Gasteiger partial charge on any atom is 0.335 e. The second kappa shape index (κ2) is 5.78. The Labute approximate surface area is 117 Å². The molecule has 0 saturated carbocycles. The standard InChI is InChI=1S/C13H20N2O5/c1-9(11(17)18)20-14-12(19)13-6-3-2-5-10(16)15(13)8-4-7-13/h9H,2-8H2,1H3,(H,14,19)(H,17,18)/t9-,13?/m0/s1. The number of carbonyl (C=O) groups excluding carboxylic acids is 2. The van der Waals surface area contributed by atoms with E-state index >= 15 is 0 Å². The third-order valence-corrected chi connectivity index (χ3v) is 4.12. The van der Waals surface area contributed by atoms with Gasteiger partial charge in [-0.25, -0.2) is 10.3 Å². The number of carboxylic acids is 1. The fourth-order valence-corrected chi connectivity index (χ4v) is 2.97. The van der Waals surface area contributed by atoms with Crippen molar-refractivity contribution in [3.05, 3.63) is 0 Å². The Kier molecular flexibility index (Phi) is 4.27. The van der Waals surface area contributed by atoms with Crippen LogP contribution in [0.5, 0.6) is 0 Å². The van der Waals surface area contributed by atoms with Crippen molar-refractivity contribution < 1.29 is 24.3 Å². The van der Waals surface area contributed by atoms with E-state index < -0.39 is 23.5 Å². The van der Waals surface area contributed by atoms with Crippen LogP contribution in [0.4, 0.5) is 0 Å². The third kappa shape index (κ3) is 2.63. The minimum Gasteiger partial charge on any atom is -0.479 e. The first kappa shape index (κ1) is 14.8. The lowest BCUT2D eigenvalue weighted by atomic mass is 9.90. The first-order valence-corrected chi connectivity index (χ1v) is 6.97. The fourth-order valence-electron chi connectivity index (χ4n) is 2.97. The Bertz CT molecular complexity index is 425. The zero-order valence-electron chi connectivity index (χ0n) is 11.6. The van der Waals surface area contributed by atoms with E-state index in [0.717, 1.165) is 19.3 Å². The number of carboxylic acid groups (broad SMARTS) is 1. The van der Waals surface area contributed by atoms with Crippen LogP contribution in [0.1, 0.15) is 45.4 Å². The lowest BCUT2D eigenvalue weighted by molar-refractivity contribution is -0.165. The predicted octanol–water partition coefficient (Wildman–Crippen LogP) is 0.442. The fraction of sp³-hybridized carbons (Fsp3) is 0.769. The van der Waals surface area contributed by atoms with Gasteiger partial charge in [0.1, 0.15) is 5.54 Å². The molecule has 2 aliphatic rings. The van der Waals surface area contributed by atoms with Crippen LogP contribution < -0.4 is 5.48 Å². The summed E-state index contributed by atoms with van der Waals surface area (Å²) in [6.45, 7) is 1.92. The Balaban J connectivity index is 2.08. The highest BCUT2D eigenvalue weighted by atomic mass is 16.7. The molecular formula is C13H20N2O5. The normalized spacial score (nSPS) is 27.6. The molecule has 112 valence electrons. The van der Waals surface area contributed by atoms with Gasteiger partial charge in [0.25, 0.3) is 5.91 Å². The van der Waals surface area contributed by atoms with Crippen molar-refractivity contribution in [2.45, 2.75) is 57.1 Å². The molecule has 2 fully saturated rings. The molecule has 7 nitrogen and oxygen atoms in total. The van der Waals surface area contributed by atoms with E-state index in [1.807, 2.05) is 0 Å². The predicted molar refractivity (Wildman–Crippen MR) is 68.5 cm³/mol. The van der Waals surface area contributed by atoms with Gasteiger partial charge in [-0.3, -0.25) is 14.4 Å². The lowest BCUT2D eigenvalue weighted by Gasteiger charge is -2.35. The molecule has 0 aromatic heterocycles. The Morgan fingerprint density at radius 2 is 2.05 bits per heavy atom. The summed E-state index contributed by atoms with van der Waals surface area (Å²) in [6, 6.07) is 0. The number of hydroxylamine groups is 1. The van der Waals surface area contributed by atoms with Crippen molar-refractivity contribution >= 4 is 17.8 Å². The van der Waals surface area contributed by atoms with E-state index in [9.17, 15) is 14.4 Å². The van der Waals surface area contributed by atoms with Crippen LogP contribution in [0.15, 0.2) is 0 Å². The minimum absolute atomic E-state index is 0.00133. The molecule has 0 spiro atoms. The van der Waals surface area contributed by atoms with Crippen LogP contribution >= 0.6 is 0 Å². The van der Waals surface area contributed by atoms with Crippen LogP contribution in [0, 0.1) is 0 Å². The highest BCUT2D eigenvalue weighted by Crippen LogP contribution is 2.37. The summed E-state index contributed by atoms with van der Waals surface area (Å²) in [5.74, 6) is -1.55. The topological polar surface area (TPSA) is 95.9 Å². The van der Waals surface area contributed by atoms with Gasteiger partial charge in [-0.05, 0) is 32.6 Å². The van der Waals surface area contributed by atoms with Gasteiger partial charge in [-0.1, -0.05) is 6.42 Å². The summed E-state index contributed by atoms with van der Waals surface area (Å²) in [5.41, 5.74) is 1.37. The second-order valence-electron chi connectivity index (χ2n) is 5.42. The molecule has 1 unspecified atom stereocenters. The maximum atomic E-state index is 12.4. The maximum absolute atomic E-state index is 12.4. The molecule has 2 aliphatic heterocycles. The SMILES string of the molecule is C[C@H](ONC(=O)C12CCCCC(=O)N1CCC2)C(=O)O. The number of aliphatic carboxylic acids is 1. The quantitative estimate of drug-likeness (QED) is 0.730. The van der Waals surface area contributed by atoms with Gasteiger partial charge in [0.15, 0.2) is 6.10 Å². The first-order chi connectivity index (χ1) is 9.47. The lowest BCUT2D eigenvalue weighted by Crippen LogP contribution is -2.57. The summed E-state index contributed by atoms with van der Waals surface area (Å²) in [4.78, 5) is 41.7. The van der Waals surface area contributed by atoms with Gasteiger partial charge < -0.3 is 10.0 Å². The molecule has 2 rings (SSSR count). The zero-order valence-corrected chi connectivity index (χ0v) is 11.6. The van der Waals surface area contributed by atoms with E-state index in [4.69, 9.17) is 9.94 Å². The molecule has 7 heteroatoms. The highest BCUT2D eigenvalue weighted by molar-refractivity contribution is 5.92. The molecular weight excluding hydrogens is 264 g/mol. The van der Waals surface area contributed by atoms with Crippen molar-refractivity contribution in [1.29, 1.82) is 0 Å².